The minimum atomic E-state index is -0.536. The maximum absolute atomic E-state index is 11.5. The molecule has 0 bridgehead atoms. The molecule has 1 atom stereocenters. The van der Waals surface area contributed by atoms with Crippen molar-refractivity contribution in [1.29, 1.82) is 0 Å². The number of epoxide rings is 1. The van der Waals surface area contributed by atoms with Gasteiger partial charge in [0.2, 0.25) is 0 Å². The molecular weight excluding hydrogens is 176 g/mol. The molecule has 72 valence electrons. The molecular formula is C12H12O2. The van der Waals surface area contributed by atoms with E-state index in [9.17, 15) is 4.79 Å². The predicted molar refractivity (Wildman–Crippen MR) is 54.8 cm³/mol. The highest BCUT2D eigenvalue weighted by Crippen LogP contribution is 2.27. The van der Waals surface area contributed by atoms with Gasteiger partial charge in [-0.1, -0.05) is 36.4 Å². The van der Waals surface area contributed by atoms with E-state index in [1.165, 1.54) is 0 Å². The summed E-state index contributed by atoms with van der Waals surface area (Å²) in [6, 6.07) is 9.75. The van der Waals surface area contributed by atoms with E-state index < -0.39 is 5.60 Å². The molecule has 1 aliphatic heterocycles. The van der Waals surface area contributed by atoms with Gasteiger partial charge in [-0.05, 0) is 18.6 Å². The fraction of sp³-hybridized carbons (Fsp3) is 0.250. The zero-order valence-electron chi connectivity index (χ0n) is 8.07. The van der Waals surface area contributed by atoms with Gasteiger partial charge in [0.25, 0.3) is 0 Å². The van der Waals surface area contributed by atoms with E-state index in [0.717, 1.165) is 5.56 Å². The van der Waals surface area contributed by atoms with Crippen LogP contribution in [0.1, 0.15) is 12.5 Å². The number of benzene rings is 1. The molecule has 1 aromatic rings. The van der Waals surface area contributed by atoms with Gasteiger partial charge in [-0.3, -0.25) is 4.79 Å². The molecule has 2 rings (SSSR count). The summed E-state index contributed by atoms with van der Waals surface area (Å²) >= 11 is 0. The van der Waals surface area contributed by atoms with Gasteiger partial charge in [0.15, 0.2) is 11.4 Å². The van der Waals surface area contributed by atoms with Crippen LogP contribution in [0.3, 0.4) is 0 Å². The molecule has 0 radical (unpaired) electrons. The lowest BCUT2D eigenvalue weighted by Crippen LogP contribution is -2.17. The first-order chi connectivity index (χ1) is 6.71. The second kappa shape index (κ2) is 3.39. The Bertz CT molecular complexity index is 361. The monoisotopic (exact) mass is 188 g/mol. The van der Waals surface area contributed by atoms with Crippen molar-refractivity contribution >= 4 is 11.9 Å². The molecule has 2 nitrogen and oxygen atoms in total. The maximum Gasteiger partial charge on any atom is 0.189 e. The number of ether oxygens (including phenoxy) is 1. The molecule has 1 aliphatic rings. The van der Waals surface area contributed by atoms with E-state index in [4.69, 9.17) is 4.74 Å². The summed E-state index contributed by atoms with van der Waals surface area (Å²) in [6.07, 6.45) is 3.40. The smallest absolute Gasteiger partial charge is 0.189 e. The standard InChI is InChI=1S/C12H12O2/c1-12(9-14-12)11(13)8-7-10-5-3-2-4-6-10/h2-8H,9H2,1H3/b8-7+/t12-/m0/s1. The number of rotatable bonds is 3. The Morgan fingerprint density at radius 1 is 1.43 bits per heavy atom. The molecule has 0 saturated carbocycles. The Morgan fingerprint density at radius 2 is 2.07 bits per heavy atom. The molecule has 0 amide bonds. The summed E-state index contributed by atoms with van der Waals surface area (Å²) in [6.45, 7) is 2.36. The number of hydrogen-bond acceptors (Lipinski definition) is 2. The highest BCUT2D eigenvalue weighted by molar-refractivity contribution is 6.01. The lowest BCUT2D eigenvalue weighted by atomic mass is 10.1. The maximum atomic E-state index is 11.5. The van der Waals surface area contributed by atoms with Crippen LogP contribution >= 0.6 is 0 Å². The Kier molecular flexibility index (Phi) is 2.22. The third-order valence-corrected chi connectivity index (χ3v) is 2.33. The van der Waals surface area contributed by atoms with Crippen molar-refractivity contribution in [3.8, 4) is 0 Å². The number of carbonyl (C=O) groups is 1. The second-order valence-corrected chi connectivity index (χ2v) is 3.63. The molecule has 1 aromatic carbocycles. The van der Waals surface area contributed by atoms with Crippen molar-refractivity contribution in [3.63, 3.8) is 0 Å². The Hall–Kier alpha value is -1.41. The Balaban J connectivity index is 2.04. The highest BCUT2D eigenvalue weighted by Gasteiger charge is 2.45. The largest absolute Gasteiger partial charge is 0.361 e. The third-order valence-electron chi connectivity index (χ3n) is 2.33. The summed E-state index contributed by atoms with van der Waals surface area (Å²) in [5.41, 5.74) is 0.496. The summed E-state index contributed by atoms with van der Waals surface area (Å²) in [7, 11) is 0. The van der Waals surface area contributed by atoms with Crippen LogP contribution in [0, 0.1) is 0 Å². The van der Waals surface area contributed by atoms with Crippen LogP contribution in [0.15, 0.2) is 36.4 Å². The predicted octanol–water partition coefficient (Wildman–Crippen LogP) is 2.06. The van der Waals surface area contributed by atoms with E-state index in [0.29, 0.717) is 6.61 Å². The van der Waals surface area contributed by atoms with Crippen molar-refractivity contribution in [2.45, 2.75) is 12.5 Å². The molecule has 1 saturated heterocycles. The Labute approximate surface area is 83.2 Å². The number of ketones is 1. The van der Waals surface area contributed by atoms with E-state index >= 15 is 0 Å². The van der Waals surface area contributed by atoms with Crippen molar-refractivity contribution in [2.24, 2.45) is 0 Å². The summed E-state index contributed by atoms with van der Waals surface area (Å²) in [5.74, 6) is 0.0429. The molecule has 1 fully saturated rings. The van der Waals surface area contributed by atoms with Crippen molar-refractivity contribution in [1.82, 2.24) is 0 Å². The number of carbonyl (C=O) groups excluding carboxylic acids is 1. The van der Waals surface area contributed by atoms with Gasteiger partial charge in [-0.15, -0.1) is 0 Å². The van der Waals surface area contributed by atoms with Crippen LogP contribution in [-0.4, -0.2) is 18.0 Å². The first-order valence-electron chi connectivity index (χ1n) is 4.62. The average Bonchev–Trinajstić information content (AvgIpc) is 2.96. The van der Waals surface area contributed by atoms with Crippen LogP contribution < -0.4 is 0 Å². The van der Waals surface area contributed by atoms with Gasteiger partial charge in [0, 0.05) is 0 Å². The van der Waals surface area contributed by atoms with Crippen molar-refractivity contribution in [2.75, 3.05) is 6.61 Å². The first-order valence-corrected chi connectivity index (χ1v) is 4.62. The van der Waals surface area contributed by atoms with Crippen LogP contribution in [0.2, 0.25) is 0 Å². The average molecular weight is 188 g/mol. The quantitative estimate of drug-likeness (QED) is 0.536. The zero-order valence-corrected chi connectivity index (χ0v) is 8.07. The van der Waals surface area contributed by atoms with Gasteiger partial charge >= 0.3 is 0 Å². The lowest BCUT2D eigenvalue weighted by Gasteiger charge is -1.97. The van der Waals surface area contributed by atoms with Gasteiger partial charge in [-0.25, -0.2) is 0 Å². The van der Waals surface area contributed by atoms with Crippen LogP contribution in [0.4, 0.5) is 0 Å². The third kappa shape index (κ3) is 1.91. The molecule has 2 heteroatoms. The molecule has 1 heterocycles. The zero-order chi connectivity index (χ0) is 10.0. The molecule has 0 aromatic heterocycles. The fourth-order valence-electron chi connectivity index (χ4n) is 1.16. The minimum Gasteiger partial charge on any atom is -0.361 e. The van der Waals surface area contributed by atoms with Gasteiger partial charge < -0.3 is 4.74 Å². The summed E-state index contributed by atoms with van der Waals surface area (Å²) in [4.78, 5) is 11.5. The second-order valence-electron chi connectivity index (χ2n) is 3.63. The van der Waals surface area contributed by atoms with Gasteiger partial charge in [-0.2, -0.15) is 0 Å². The molecule has 14 heavy (non-hydrogen) atoms. The topological polar surface area (TPSA) is 29.6 Å². The van der Waals surface area contributed by atoms with Crippen LogP contribution in [0.5, 0.6) is 0 Å². The van der Waals surface area contributed by atoms with Crippen LogP contribution in [-0.2, 0) is 9.53 Å². The van der Waals surface area contributed by atoms with E-state index in [-0.39, 0.29) is 5.78 Å². The van der Waals surface area contributed by atoms with Crippen LogP contribution in [0.25, 0.3) is 6.08 Å². The van der Waals surface area contributed by atoms with E-state index in [1.807, 2.05) is 43.3 Å². The molecule has 0 aliphatic carbocycles. The number of hydrogen-bond donors (Lipinski definition) is 0. The van der Waals surface area contributed by atoms with Gasteiger partial charge in [0.1, 0.15) is 0 Å². The van der Waals surface area contributed by atoms with E-state index in [2.05, 4.69) is 0 Å². The summed E-state index contributed by atoms with van der Waals surface area (Å²) < 4.78 is 5.05. The van der Waals surface area contributed by atoms with Crippen molar-refractivity contribution in [3.05, 3.63) is 42.0 Å². The normalized spacial score (nSPS) is 25.2. The van der Waals surface area contributed by atoms with Crippen molar-refractivity contribution < 1.29 is 9.53 Å². The summed E-state index contributed by atoms with van der Waals surface area (Å²) in [5, 5.41) is 0. The Morgan fingerprint density at radius 3 is 2.64 bits per heavy atom. The van der Waals surface area contributed by atoms with Gasteiger partial charge in [0.05, 0.1) is 6.61 Å². The first kappa shape index (κ1) is 9.16. The lowest BCUT2D eigenvalue weighted by molar-refractivity contribution is -0.118. The SMILES string of the molecule is C[C@@]1(C(=O)/C=C/c2ccccc2)CO1. The molecule has 0 spiro atoms. The molecule has 0 N–H and O–H groups in total. The molecule has 0 unspecified atom stereocenters. The highest BCUT2D eigenvalue weighted by atomic mass is 16.6. The fourth-order valence-corrected chi connectivity index (χ4v) is 1.16. The van der Waals surface area contributed by atoms with E-state index in [1.54, 1.807) is 6.08 Å². The minimum absolute atomic E-state index is 0.0429.